The van der Waals surface area contributed by atoms with Crippen molar-refractivity contribution in [2.24, 2.45) is 11.0 Å². The molecule has 0 saturated carbocycles. The first kappa shape index (κ1) is 15.1. The van der Waals surface area contributed by atoms with E-state index in [1.807, 2.05) is 30.3 Å². The third-order valence-electron chi connectivity index (χ3n) is 4.65. The molecule has 4 rings (SSSR count). The Morgan fingerprint density at radius 3 is 2.71 bits per heavy atom. The molecule has 2 aliphatic rings. The van der Waals surface area contributed by atoms with Gasteiger partial charge in [0.1, 0.15) is 0 Å². The molecule has 2 aromatic rings. The van der Waals surface area contributed by atoms with Crippen molar-refractivity contribution in [1.29, 1.82) is 0 Å². The summed E-state index contributed by atoms with van der Waals surface area (Å²) in [6, 6.07) is 13.2. The molecule has 0 radical (unpaired) electrons. The fraction of sp³-hybridized carbons (Fsp3) is 0.368. The van der Waals surface area contributed by atoms with Crippen LogP contribution in [0.2, 0.25) is 0 Å². The van der Waals surface area contributed by atoms with E-state index in [9.17, 15) is 4.79 Å². The van der Waals surface area contributed by atoms with Gasteiger partial charge in [-0.15, -0.1) is 0 Å². The van der Waals surface area contributed by atoms with Crippen molar-refractivity contribution in [1.82, 2.24) is 5.01 Å². The summed E-state index contributed by atoms with van der Waals surface area (Å²) in [4.78, 5) is 12.9. The minimum absolute atomic E-state index is 0.0827. The van der Waals surface area contributed by atoms with Crippen molar-refractivity contribution in [2.75, 3.05) is 6.61 Å². The molecule has 1 amide bonds. The topological polar surface area (TPSA) is 55.0 Å². The van der Waals surface area contributed by atoms with E-state index in [2.05, 4.69) is 18.9 Å². The maximum Gasteiger partial charge on any atom is 0.310 e. The number of hydrogen-bond donors (Lipinski definition) is 0. The van der Waals surface area contributed by atoms with E-state index in [-0.39, 0.29) is 23.5 Å². The molecule has 2 atom stereocenters. The Hall–Kier alpha value is -2.40. The van der Waals surface area contributed by atoms with Crippen LogP contribution in [-0.2, 0) is 4.74 Å². The Bertz CT molecular complexity index is 765. The summed E-state index contributed by atoms with van der Waals surface area (Å²) in [6.07, 6.45) is 2.23. The van der Waals surface area contributed by atoms with Crippen molar-refractivity contribution in [2.45, 2.75) is 31.9 Å². The lowest BCUT2D eigenvalue weighted by Gasteiger charge is -2.35. The Morgan fingerprint density at radius 2 is 2.00 bits per heavy atom. The number of hydrogen-bond acceptors (Lipinski definition) is 4. The van der Waals surface area contributed by atoms with Gasteiger partial charge in [0.15, 0.2) is 5.76 Å². The minimum atomic E-state index is -0.250. The van der Waals surface area contributed by atoms with Gasteiger partial charge in [-0.2, -0.15) is 5.10 Å². The second kappa shape index (κ2) is 5.60. The number of amides is 1. The smallest absolute Gasteiger partial charge is 0.310 e. The van der Waals surface area contributed by atoms with E-state index in [0.29, 0.717) is 12.4 Å². The van der Waals surface area contributed by atoms with Gasteiger partial charge < -0.3 is 9.15 Å². The highest BCUT2D eigenvalue weighted by molar-refractivity contribution is 5.97. The highest BCUT2D eigenvalue weighted by Crippen LogP contribution is 2.42. The Balaban J connectivity index is 1.74. The van der Waals surface area contributed by atoms with Crippen molar-refractivity contribution in [3.05, 3.63) is 60.1 Å². The number of carbonyl (C=O) groups excluding carboxylic acids is 1. The van der Waals surface area contributed by atoms with Crippen molar-refractivity contribution in [3.8, 4) is 0 Å². The zero-order valence-electron chi connectivity index (χ0n) is 13.8. The number of benzene rings is 1. The molecule has 1 aromatic heterocycles. The Morgan fingerprint density at radius 1 is 1.21 bits per heavy atom. The number of rotatable bonds is 2. The van der Waals surface area contributed by atoms with Crippen molar-refractivity contribution < 1.29 is 13.9 Å². The van der Waals surface area contributed by atoms with E-state index < -0.39 is 0 Å². The standard InChI is InChI=1S/C19H20N2O3/c1-19(2)11-15-14(12-24-19)17(13-7-4-3-5-8-13)21(20-15)18(22)16-9-6-10-23-16/h3-10,14,17H,11-12H2,1-2H3/t14-,17+/m1/s1. The van der Waals surface area contributed by atoms with Gasteiger partial charge in [0.2, 0.25) is 0 Å². The van der Waals surface area contributed by atoms with Crippen LogP contribution < -0.4 is 0 Å². The van der Waals surface area contributed by atoms with E-state index in [4.69, 9.17) is 9.15 Å². The van der Waals surface area contributed by atoms with Gasteiger partial charge in [-0.25, -0.2) is 5.01 Å². The highest BCUT2D eigenvalue weighted by Gasteiger charge is 2.46. The number of nitrogens with zero attached hydrogens (tertiary/aromatic N) is 2. The van der Waals surface area contributed by atoms with Gasteiger partial charge in [0, 0.05) is 18.1 Å². The van der Waals surface area contributed by atoms with Crippen LogP contribution >= 0.6 is 0 Å². The monoisotopic (exact) mass is 324 g/mol. The molecule has 3 heterocycles. The Labute approximate surface area is 140 Å². The summed E-state index contributed by atoms with van der Waals surface area (Å²) < 4.78 is 11.3. The molecule has 1 fully saturated rings. The number of fused-ring (bicyclic) bond motifs is 1. The zero-order chi connectivity index (χ0) is 16.7. The van der Waals surface area contributed by atoms with Gasteiger partial charge in [-0.1, -0.05) is 30.3 Å². The molecule has 0 aliphatic carbocycles. The summed E-state index contributed by atoms with van der Waals surface area (Å²) >= 11 is 0. The fourth-order valence-corrected chi connectivity index (χ4v) is 3.49. The van der Waals surface area contributed by atoms with E-state index in [0.717, 1.165) is 17.7 Å². The first-order chi connectivity index (χ1) is 11.6. The van der Waals surface area contributed by atoms with Gasteiger partial charge in [0.25, 0.3) is 0 Å². The van der Waals surface area contributed by atoms with Crippen LogP contribution in [0.3, 0.4) is 0 Å². The third-order valence-corrected chi connectivity index (χ3v) is 4.65. The van der Waals surface area contributed by atoms with Crippen molar-refractivity contribution >= 4 is 11.6 Å². The zero-order valence-corrected chi connectivity index (χ0v) is 13.8. The largest absolute Gasteiger partial charge is 0.459 e. The first-order valence-electron chi connectivity index (χ1n) is 8.18. The van der Waals surface area contributed by atoms with Crippen LogP contribution in [0.4, 0.5) is 0 Å². The molecule has 2 aliphatic heterocycles. The summed E-state index contributed by atoms with van der Waals surface area (Å²) in [5, 5.41) is 6.25. The number of ether oxygens (including phenoxy) is 1. The number of hydrazone groups is 1. The highest BCUT2D eigenvalue weighted by atomic mass is 16.5. The lowest BCUT2D eigenvalue weighted by Crippen LogP contribution is -2.41. The molecule has 24 heavy (non-hydrogen) atoms. The molecule has 124 valence electrons. The average molecular weight is 324 g/mol. The molecule has 0 N–H and O–H groups in total. The number of carbonyl (C=O) groups is 1. The SMILES string of the molecule is CC1(C)CC2=NN(C(=O)c3ccco3)[C@@H](c3ccccc3)[C@@H]2CO1. The van der Waals surface area contributed by atoms with E-state index in [1.165, 1.54) is 6.26 Å². The summed E-state index contributed by atoms with van der Waals surface area (Å²) in [5.74, 6) is 0.173. The Kier molecular flexibility index (Phi) is 3.53. The molecule has 1 saturated heterocycles. The lowest BCUT2D eigenvalue weighted by atomic mass is 9.83. The molecule has 5 nitrogen and oxygen atoms in total. The third kappa shape index (κ3) is 2.55. The quantitative estimate of drug-likeness (QED) is 0.847. The predicted octanol–water partition coefficient (Wildman–Crippen LogP) is 3.65. The second-order valence-corrected chi connectivity index (χ2v) is 6.93. The van der Waals surface area contributed by atoms with Crippen LogP contribution in [-0.4, -0.2) is 28.8 Å². The molecule has 0 spiro atoms. The second-order valence-electron chi connectivity index (χ2n) is 6.93. The number of furan rings is 1. The molecule has 0 bridgehead atoms. The molecule has 1 aromatic carbocycles. The van der Waals surface area contributed by atoms with Gasteiger partial charge in [-0.3, -0.25) is 4.79 Å². The summed E-state index contributed by atoms with van der Waals surface area (Å²) in [7, 11) is 0. The lowest BCUT2D eigenvalue weighted by molar-refractivity contribution is -0.0425. The van der Waals surface area contributed by atoms with Crippen LogP contribution in [0.5, 0.6) is 0 Å². The van der Waals surface area contributed by atoms with Crippen molar-refractivity contribution in [3.63, 3.8) is 0 Å². The maximum absolute atomic E-state index is 12.9. The van der Waals surface area contributed by atoms with E-state index >= 15 is 0 Å². The maximum atomic E-state index is 12.9. The fourth-order valence-electron chi connectivity index (χ4n) is 3.49. The van der Waals surface area contributed by atoms with Crippen LogP contribution in [0.15, 0.2) is 58.2 Å². The van der Waals surface area contributed by atoms with Gasteiger partial charge >= 0.3 is 5.91 Å². The van der Waals surface area contributed by atoms with Gasteiger partial charge in [0.05, 0.1) is 24.5 Å². The summed E-state index contributed by atoms with van der Waals surface area (Å²) in [6.45, 7) is 4.67. The van der Waals surface area contributed by atoms with Crippen LogP contribution in [0.1, 0.15) is 42.4 Å². The molecular weight excluding hydrogens is 304 g/mol. The normalized spacial score (nSPS) is 25.2. The average Bonchev–Trinajstić information content (AvgIpc) is 3.21. The predicted molar refractivity (Wildman–Crippen MR) is 89.6 cm³/mol. The van der Waals surface area contributed by atoms with E-state index in [1.54, 1.807) is 17.1 Å². The molecular formula is C19H20N2O3. The molecule has 5 heteroatoms. The minimum Gasteiger partial charge on any atom is -0.459 e. The molecule has 0 unspecified atom stereocenters. The summed E-state index contributed by atoms with van der Waals surface area (Å²) in [5.41, 5.74) is 1.84. The van der Waals surface area contributed by atoms with Gasteiger partial charge in [-0.05, 0) is 31.5 Å². The van der Waals surface area contributed by atoms with Crippen LogP contribution in [0.25, 0.3) is 0 Å². The van der Waals surface area contributed by atoms with Crippen LogP contribution in [0, 0.1) is 5.92 Å². The first-order valence-corrected chi connectivity index (χ1v) is 8.18.